The van der Waals surface area contributed by atoms with E-state index in [1.54, 1.807) is 36.4 Å². The van der Waals surface area contributed by atoms with Crippen LogP contribution in [0.25, 0.3) is 6.08 Å². The normalized spacial score (nSPS) is 22.2. The molecule has 3 aliphatic rings. The SMILES string of the molecule is COc1cc([C@H]2[C@@H](C(C)=O)N3c4ccccc4C=C[C@@H]3C23C(=O)c2ccccc2C3=O)cc(OC)c1OC. The molecule has 2 aliphatic heterocycles. The quantitative estimate of drug-likeness (QED) is 0.460. The topological polar surface area (TPSA) is 82.1 Å². The maximum absolute atomic E-state index is 14.5. The van der Waals surface area contributed by atoms with Gasteiger partial charge in [0.15, 0.2) is 28.8 Å². The van der Waals surface area contributed by atoms with E-state index in [1.165, 1.54) is 28.3 Å². The van der Waals surface area contributed by atoms with Gasteiger partial charge in [-0.2, -0.15) is 0 Å². The number of hydrogen-bond donors (Lipinski definition) is 0. The number of carbonyl (C=O) groups excluding carboxylic acids is 3. The first kappa shape index (κ1) is 24.0. The molecule has 3 atom stereocenters. The number of ketones is 3. The standard InChI is InChI=1S/C31H27NO6/c1-17(33)27-26(19-15-23(36-2)28(38-4)24(16-19)37-3)31(29(34)20-10-6-7-11-21(20)30(31)35)25-14-13-18-9-5-8-12-22(18)32(25)27/h5-16,25-27H,1-4H3/t25-,26+,27-/m1/s1. The number of Topliss-reactive ketones (excluding diaryl/α,β-unsaturated/α-hetero) is 3. The van der Waals surface area contributed by atoms with Gasteiger partial charge in [0.05, 0.1) is 33.4 Å². The number of methoxy groups -OCH3 is 3. The van der Waals surface area contributed by atoms with Gasteiger partial charge in [0.2, 0.25) is 5.75 Å². The number of carbonyl (C=O) groups is 3. The van der Waals surface area contributed by atoms with Crippen LogP contribution in [0, 0.1) is 5.41 Å². The van der Waals surface area contributed by atoms with E-state index < -0.39 is 23.4 Å². The van der Waals surface area contributed by atoms with Crippen LogP contribution in [0.5, 0.6) is 17.2 Å². The average molecular weight is 510 g/mol. The molecule has 192 valence electrons. The molecule has 1 fully saturated rings. The van der Waals surface area contributed by atoms with Crippen molar-refractivity contribution in [2.75, 3.05) is 26.2 Å². The summed E-state index contributed by atoms with van der Waals surface area (Å²) < 4.78 is 16.8. The smallest absolute Gasteiger partial charge is 0.203 e. The second-order valence-electron chi connectivity index (χ2n) is 9.83. The summed E-state index contributed by atoms with van der Waals surface area (Å²) >= 11 is 0. The van der Waals surface area contributed by atoms with Crippen molar-refractivity contribution >= 4 is 29.1 Å². The van der Waals surface area contributed by atoms with E-state index in [4.69, 9.17) is 14.2 Å². The zero-order valence-electron chi connectivity index (χ0n) is 21.6. The second-order valence-corrected chi connectivity index (χ2v) is 9.83. The van der Waals surface area contributed by atoms with E-state index in [0.717, 1.165) is 11.3 Å². The van der Waals surface area contributed by atoms with Gasteiger partial charge in [-0.15, -0.1) is 0 Å². The molecule has 1 spiro atoms. The highest BCUT2D eigenvalue weighted by Crippen LogP contribution is 2.61. The van der Waals surface area contributed by atoms with Gasteiger partial charge in [-0.25, -0.2) is 0 Å². The van der Waals surface area contributed by atoms with E-state index in [0.29, 0.717) is 33.9 Å². The van der Waals surface area contributed by atoms with Gasteiger partial charge in [0.25, 0.3) is 0 Å². The minimum absolute atomic E-state index is 0.146. The molecule has 0 unspecified atom stereocenters. The fourth-order valence-corrected chi connectivity index (χ4v) is 6.72. The molecule has 1 saturated heterocycles. The summed E-state index contributed by atoms with van der Waals surface area (Å²) in [7, 11) is 4.54. The fourth-order valence-electron chi connectivity index (χ4n) is 6.72. The van der Waals surface area contributed by atoms with Gasteiger partial charge >= 0.3 is 0 Å². The first-order valence-corrected chi connectivity index (χ1v) is 12.4. The van der Waals surface area contributed by atoms with Crippen molar-refractivity contribution in [3.63, 3.8) is 0 Å². The molecule has 1 aliphatic carbocycles. The lowest BCUT2D eigenvalue weighted by molar-refractivity contribution is -0.118. The van der Waals surface area contributed by atoms with Gasteiger partial charge in [0.1, 0.15) is 5.41 Å². The zero-order chi connectivity index (χ0) is 26.8. The van der Waals surface area contributed by atoms with Crippen molar-refractivity contribution in [2.24, 2.45) is 5.41 Å². The third-order valence-electron chi connectivity index (χ3n) is 8.18. The third-order valence-corrected chi connectivity index (χ3v) is 8.18. The zero-order valence-corrected chi connectivity index (χ0v) is 21.6. The number of benzene rings is 3. The number of anilines is 1. The van der Waals surface area contributed by atoms with Crippen LogP contribution < -0.4 is 19.1 Å². The van der Waals surface area contributed by atoms with Crippen molar-refractivity contribution in [3.05, 3.63) is 89.0 Å². The molecule has 6 rings (SSSR count). The predicted molar refractivity (Wildman–Crippen MR) is 143 cm³/mol. The van der Waals surface area contributed by atoms with Gasteiger partial charge in [-0.05, 0) is 36.2 Å². The molecule has 7 nitrogen and oxygen atoms in total. The van der Waals surface area contributed by atoms with Crippen molar-refractivity contribution < 1.29 is 28.6 Å². The van der Waals surface area contributed by atoms with Crippen LogP contribution in [-0.2, 0) is 4.79 Å². The van der Waals surface area contributed by atoms with Crippen molar-refractivity contribution in [2.45, 2.75) is 24.9 Å². The van der Waals surface area contributed by atoms with E-state index in [9.17, 15) is 14.4 Å². The summed E-state index contributed by atoms with van der Waals surface area (Å²) in [4.78, 5) is 44.5. The minimum atomic E-state index is -1.56. The monoisotopic (exact) mass is 509 g/mol. The molecule has 0 saturated carbocycles. The first-order chi connectivity index (χ1) is 18.4. The molecule has 0 bridgehead atoms. The van der Waals surface area contributed by atoms with Crippen molar-refractivity contribution in [1.29, 1.82) is 0 Å². The molecule has 2 heterocycles. The van der Waals surface area contributed by atoms with Crippen LogP contribution >= 0.6 is 0 Å². The summed E-state index contributed by atoms with van der Waals surface area (Å²) in [5.41, 5.74) is 1.53. The highest BCUT2D eigenvalue weighted by atomic mass is 16.5. The maximum atomic E-state index is 14.5. The number of nitrogens with zero attached hydrogens (tertiary/aromatic N) is 1. The Morgan fingerprint density at radius 1 is 0.842 bits per heavy atom. The molecule has 3 aromatic carbocycles. The molecule has 7 heteroatoms. The van der Waals surface area contributed by atoms with Crippen molar-refractivity contribution in [1.82, 2.24) is 0 Å². The average Bonchev–Trinajstić information content (AvgIpc) is 3.38. The summed E-state index contributed by atoms with van der Waals surface area (Å²) in [6.07, 6.45) is 3.84. The van der Waals surface area contributed by atoms with Gasteiger partial charge < -0.3 is 19.1 Å². The Labute approximate surface area is 220 Å². The summed E-state index contributed by atoms with van der Waals surface area (Å²) in [5.74, 6) is -0.361. The third kappa shape index (κ3) is 2.93. The Bertz CT molecular complexity index is 1480. The molecule has 0 amide bonds. The fraction of sp³-hybridized carbons (Fsp3) is 0.258. The highest BCUT2D eigenvalue weighted by Gasteiger charge is 2.71. The van der Waals surface area contributed by atoms with E-state index >= 15 is 0 Å². The highest BCUT2D eigenvalue weighted by molar-refractivity contribution is 6.32. The Balaban J connectivity index is 1.70. The number of para-hydroxylation sites is 1. The summed E-state index contributed by atoms with van der Waals surface area (Å²) in [6.45, 7) is 1.52. The maximum Gasteiger partial charge on any atom is 0.203 e. The van der Waals surface area contributed by atoms with Crippen molar-refractivity contribution in [3.8, 4) is 17.2 Å². The van der Waals surface area contributed by atoms with Crippen LogP contribution in [0.4, 0.5) is 5.69 Å². The second kappa shape index (κ2) is 8.58. The number of hydrogen-bond acceptors (Lipinski definition) is 7. The lowest BCUT2D eigenvalue weighted by Gasteiger charge is -2.37. The molecular formula is C31H27NO6. The molecular weight excluding hydrogens is 482 g/mol. The first-order valence-electron chi connectivity index (χ1n) is 12.4. The lowest BCUT2D eigenvalue weighted by atomic mass is 9.64. The van der Waals surface area contributed by atoms with Crippen LogP contribution in [0.1, 0.15) is 44.7 Å². The van der Waals surface area contributed by atoms with E-state index in [-0.39, 0.29) is 17.3 Å². The van der Waals surface area contributed by atoms with Gasteiger partial charge in [-0.1, -0.05) is 54.6 Å². The number of rotatable bonds is 5. The molecule has 38 heavy (non-hydrogen) atoms. The number of ether oxygens (including phenoxy) is 3. The summed E-state index contributed by atoms with van der Waals surface area (Å²) in [5, 5.41) is 0. The lowest BCUT2D eigenvalue weighted by Crippen LogP contribution is -2.48. The van der Waals surface area contributed by atoms with Crippen LogP contribution in [-0.4, -0.2) is 50.8 Å². The Kier molecular flexibility index (Phi) is 5.42. The van der Waals surface area contributed by atoms with E-state index in [2.05, 4.69) is 0 Å². The van der Waals surface area contributed by atoms with Crippen LogP contribution in [0.3, 0.4) is 0 Å². The van der Waals surface area contributed by atoms with Gasteiger partial charge in [0, 0.05) is 22.7 Å². The Morgan fingerprint density at radius 3 is 1.97 bits per heavy atom. The summed E-state index contributed by atoms with van der Waals surface area (Å²) in [6, 6.07) is 16.7. The van der Waals surface area contributed by atoms with Crippen LogP contribution in [0.15, 0.2) is 66.7 Å². The van der Waals surface area contributed by atoms with Crippen LogP contribution in [0.2, 0.25) is 0 Å². The van der Waals surface area contributed by atoms with E-state index in [1.807, 2.05) is 41.3 Å². The Morgan fingerprint density at radius 2 is 1.42 bits per heavy atom. The Hall–Kier alpha value is -4.39. The number of fused-ring (bicyclic) bond motifs is 5. The van der Waals surface area contributed by atoms with Gasteiger partial charge in [-0.3, -0.25) is 14.4 Å². The largest absolute Gasteiger partial charge is 0.493 e. The molecule has 3 aromatic rings. The minimum Gasteiger partial charge on any atom is -0.493 e. The molecule has 0 radical (unpaired) electrons. The molecule has 0 N–H and O–H groups in total. The predicted octanol–water partition coefficient (Wildman–Crippen LogP) is 4.73. The molecule has 0 aromatic heterocycles.